The molecule has 0 amide bonds. The molecule has 6 atom stereocenters. The molecule has 114 valence electrons. The summed E-state index contributed by atoms with van der Waals surface area (Å²) in [7, 11) is 2.60. The largest absolute Gasteiger partial charge is 0.467 e. The lowest BCUT2D eigenvalue weighted by Gasteiger charge is -2.43. The molecule has 6 heteroatoms. The van der Waals surface area contributed by atoms with Gasteiger partial charge in [-0.15, -0.1) is 0 Å². The fraction of sp³-hybridized carbons (Fsp3) is 0.500. The van der Waals surface area contributed by atoms with Crippen LogP contribution in [0.4, 0.5) is 0 Å². The van der Waals surface area contributed by atoms with Gasteiger partial charge in [0, 0.05) is 11.8 Å². The van der Waals surface area contributed by atoms with E-state index in [-0.39, 0.29) is 24.0 Å². The van der Waals surface area contributed by atoms with Crippen LogP contribution in [0.1, 0.15) is 23.3 Å². The van der Waals surface area contributed by atoms with Gasteiger partial charge in [0.15, 0.2) is 0 Å². The molecular formula is C16H14O6. The standard InChI is InChI=1S/C16H14O6/c1-19-13(17)15-9-10(16(15,22-15)14(18)20-2)12-8-6-4-3-5-7(8)11(9)21-12/h3-6,9-12H,1-2H3/t9-,10+,11+,12-,15+,16-. The quantitative estimate of drug-likeness (QED) is 0.459. The molecule has 6 nitrogen and oxygen atoms in total. The zero-order valence-electron chi connectivity index (χ0n) is 12.1. The SMILES string of the molecule is COC(=O)[C@]12O[C@@]1(C(=O)OC)[C@H]1[C@@H]2[C@H]2O[C@@H]1c1ccccc12. The minimum Gasteiger partial charge on any atom is -0.467 e. The molecule has 0 spiro atoms. The van der Waals surface area contributed by atoms with Gasteiger partial charge in [-0.3, -0.25) is 0 Å². The molecule has 0 aromatic heterocycles. The van der Waals surface area contributed by atoms with Crippen molar-refractivity contribution >= 4 is 11.9 Å². The molecular weight excluding hydrogens is 288 g/mol. The van der Waals surface area contributed by atoms with Gasteiger partial charge in [-0.05, 0) is 11.1 Å². The first kappa shape index (κ1) is 12.6. The van der Waals surface area contributed by atoms with Crippen LogP contribution in [-0.4, -0.2) is 37.4 Å². The van der Waals surface area contributed by atoms with Gasteiger partial charge in [0.05, 0.1) is 26.4 Å². The molecule has 3 heterocycles. The minimum absolute atomic E-state index is 0.195. The molecule has 1 aromatic carbocycles. The zero-order chi connectivity index (χ0) is 15.3. The summed E-state index contributed by atoms with van der Waals surface area (Å²) in [6, 6.07) is 7.90. The number of esters is 2. The van der Waals surface area contributed by atoms with Crippen LogP contribution < -0.4 is 0 Å². The van der Waals surface area contributed by atoms with Gasteiger partial charge < -0.3 is 18.9 Å². The summed E-state index contributed by atoms with van der Waals surface area (Å²) >= 11 is 0. The first-order valence-electron chi connectivity index (χ1n) is 7.24. The second-order valence-electron chi connectivity index (χ2n) is 6.21. The van der Waals surface area contributed by atoms with E-state index in [4.69, 9.17) is 18.9 Å². The van der Waals surface area contributed by atoms with E-state index in [2.05, 4.69) is 0 Å². The summed E-state index contributed by atoms with van der Waals surface area (Å²) in [4.78, 5) is 24.6. The third-order valence-corrected chi connectivity index (χ3v) is 5.69. The third-order valence-electron chi connectivity index (χ3n) is 5.69. The number of carbonyl (C=O) groups excluding carboxylic acids is 2. The number of ether oxygens (including phenoxy) is 4. The summed E-state index contributed by atoms with van der Waals surface area (Å²) < 4.78 is 21.6. The van der Waals surface area contributed by atoms with Crippen molar-refractivity contribution in [3.05, 3.63) is 35.4 Å². The van der Waals surface area contributed by atoms with Crippen molar-refractivity contribution < 1.29 is 28.5 Å². The van der Waals surface area contributed by atoms with Crippen molar-refractivity contribution in [2.24, 2.45) is 11.8 Å². The number of hydrogen-bond acceptors (Lipinski definition) is 6. The summed E-state index contributed by atoms with van der Waals surface area (Å²) in [6.07, 6.45) is -0.462. The normalized spacial score (nSPS) is 45.2. The summed E-state index contributed by atoms with van der Waals surface area (Å²) in [5.41, 5.74) is -0.337. The Morgan fingerprint density at radius 2 is 1.41 bits per heavy atom. The van der Waals surface area contributed by atoms with Gasteiger partial charge in [-0.2, -0.15) is 0 Å². The molecule has 1 aliphatic carbocycles. The van der Waals surface area contributed by atoms with Crippen LogP contribution in [0.3, 0.4) is 0 Å². The molecule has 0 unspecified atom stereocenters. The van der Waals surface area contributed by atoms with Crippen LogP contribution in [0.15, 0.2) is 24.3 Å². The number of epoxide rings is 1. The Kier molecular flexibility index (Phi) is 2.02. The maximum absolute atomic E-state index is 12.3. The van der Waals surface area contributed by atoms with Crippen molar-refractivity contribution in [2.75, 3.05) is 14.2 Å². The van der Waals surface area contributed by atoms with E-state index in [1.165, 1.54) is 14.2 Å². The molecule has 3 aliphatic heterocycles. The second kappa shape index (κ2) is 3.52. The highest BCUT2D eigenvalue weighted by Gasteiger charge is 3.00. The number of hydrogen-bond donors (Lipinski definition) is 0. The fourth-order valence-electron chi connectivity index (χ4n) is 4.92. The van der Waals surface area contributed by atoms with E-state index in [0.29, 0.717) is 0 Å². The van der Waals surface area contributed by atoms with E-state index in [0.717, 1.165) is 11.1 Å². The zero-order valence-corrected chi connectivity index (χ0v) is 12.1. The second-order valence-corrected chi connectivity index (χ2v) is 6.21. The molecule has 0 N–H and O–H groups in total. The van der Waals surface area contributed by atoms with Gasteiger partial charge in [-0.25, -0.2) is 9.59 Å². The average molecular weight is 302 g/mol. The molecule has 5 rings (SSSR count). The Hall–Kier alpha value is -1.92. The van der Waals surface area contributed by atoms with Crippen LogP contribution in [-0.2, 0) is 28.5 Å². The van der Waals surface area contributed by atoms with Crippen LogP contribution in [0.2, 0.25) is 0 Å². The monoisotopic (exact) mass is 302 g/mol. The Bertz CT molecular complexity index is 670. The Labute approximate surface area is 126 Å². The van der Waals surface area contributed by atoms with E-state index >= 15 is 0 Å². The fourth-order valence-corrected chi connectivity index (χ4v) is 4.92. The topological polar surface area (TPSA) is 74.4 Å². The number of methoxy groups -OCH3 is 2. The molecule has 3 fully saturated rings. The number of carbonyl (C=O) groups is 2. The Morgan fingerprint density at radius 3 is 1.82 bits per heavy atom. The van der Waals surface area contributed by atoms with Gasteiger partial charge in [0.1, 0.15) is 0 Å². The summed E-state index contributed by atoms with van der Waals surface area (Å²) in [5, 5.41) is 0. The highest BCUT2D eigenvalue weighted by molar-refractivity contribution is 6.02. The third kappa shape index (κ3) is 0.961. The summed E-state index contributed by atoms with van der Waals surface area (Å²) in [6.45, 7) is 0. The van der Waals surface area contributed by atoms with Crippen molar-refractivity contribution in [3.8, 4) is 0 Å². The van der Waals surface area contributed by atoms with Gasteiger partial charge in [0.2, 0.25) is 11.2 Å². The maximum atomic E-state index is 12.3. The van der Waals surface area contributed by atoms with E-state index in [1.807, 2.05) is 24.3 Å². The average Bonchev–Trinajstić information content (AvgIpc) is 2.84. The number of benzene rings is 1. The molecule has 1 aromatic rings. The van der Waals surface area contributed by atoms with E-state index in [9.17, 15) is 9.59 Å². The lowest BCUT2D eigenvalue weighted by molar-refractivity contribution is -0.162. The van der Waals surface area contributed by atoms with Gasteiger partial charge in [0.25, 0.3) is 0 Å². The first-order valence-corrected chi connectivity index (χ1v) is 7.24. The molecule has 0 radical (unpaired) electrons. The highest BCUT2D eigenvalue weighted by atomic mass is 16.7. The van der Waals surface area contributed by atoms with Crippen molar-refractivity contribution in [1.82, 2.24) is 0 Å². The summed E-state index contributed by atoms with van der Waals surface area (Å²) in [5.74, 6) is -1.43. The molecule has 4 aliphatic rings. The highest BCUT2D eigenvalue weighted by Crippen LogP contribution is 2.82. The maximum Gasteiger partial charge on any atom is 0.342 e. The van der Waals surface area contributed by atoms with Gasteiger partial charge >= 0.3 is 11.9 Å². The Balaban J connectivity index is 1.66. The molecule has 22 heavy (non-hydrogen) atoms. The number of fused-ring (bicyclic) bond motifs is 11. The van der Waals surface area contributed by atoms with E-state index < -0.39 is 23.1 Å². The lowest BCUT2D eigenvalue weighted by Crippen LogP contribution is -2.64. The van der Waals surface area contributed by atoms with Crippen molar-refractivity contribution in [1.29, 1.82) is 0 Å². The molecule has 2 bridgehead atoms. The van der Waals surface area contributed by atoms with Crippen LogP contribution in [0.25, 0.3) is 0 Å². The smallest absolute Gasteiger partial charge is 0.342 e. The molecule has 2 saturated heterocycles. The predicted octanol–water partition coefficient (Wildman–Crippen LogP) is 0.912. The van der Waals surface area contributed by atoms with Crippen molar-refractivity contribution in [3.63, 3.8) is 0 Å². The van der Waals surface area contributed by atoms with Gasteiger partial charge in [-0.1, -0.05) is 24.3 Å². The minimum atomic E-state index is -1.24. The number of rotatable bonds is 2. The van der Waals surface area contributed by atoms with Crippen molar-refractivity contribution in [2.45, 2.75) is 23.4 Å². The van der Waals surface area contributed by atoms with Crippen LogP contribution in [0, 0.1) is 11.8 Å². The first-order chi connectivity index (χ1) is 10.6. The van der Waals surface area contributed by atoms with Crippen LogP contribution >= 0.6 is 0 Å². The Morgan fingerprint density at radius 1 is 0.955 bits per heavy atom. The van der Waals surface area contributed by atoms with Crippen LogP contribution in [0.5, 0.6) is 0 Å². The molecule has 1 saturated carbocycles. The predicted molar refractivity (Wildman–Crippen MR) is 70.6 cm³/mol. The van der Waals surface area contributed by atoms with E-state index in [1.54, 1.807) is 0 Å². The lowest BCUT2D eigenvalue weighted by atomic mass is 9.51.